The van der Waals surface area contributed by atoms with E-state index in [0.29, 0.717) is 17.8 Å². The number of hydrogen-bond acceptors (Lipinski definition) is 2. The minimum atomic E-state index is -2.86. The maximum Gasteiger partial charge on any atom is 0.359 e. The van der Waals surface area contributed by atoms with Gasteiger partial charge in [-0.05, 0) is 70.0 Å². The average Bonchev–Trinajstić information content (AvgIpc) is 2.93. The summed E-state index contributed by atoms with van der Waals surface area (Å²) in [7, 11) is -5.56. The minimum absolute atomic E-state index is 0.220. The predicted molar refractivity (Wildman–Crippen MR) is 166 cm³/mol. The molecule has 5 atom stereocenters. The van der Waals surface area contributed by atoms with Crippen LogP contribution < -0.4 is 15.6 Å². The summed E-state index contributed by atoms with van der Waals surface area (Å²) in [6.45, 7) is 11.8. The first kappa shape index (κ1) is 27.1. The molecule has 0 spiro atoms. The molecule has 38 heavy (non-hydrogen) atoms. The molecule has 0 aliphatic heterocycles. The quantitative estimate of drug-likeness (QED) is 0.225. The van der Waals surface area contributed by atoms with Gasteiger partial charge in [0.25, 0.3) is 0 Å². The Bertz CT molecular complexity index is 1340. The molecule has 4 heteroatoms. The van der Waals surface area contributed by atoms with Gasteiger partial charge in [-0.2, -0.15) is 0 Å². The Kier molecular flexibility index (Phi) is 8.06. The van der Waals surface area contributed by atoms with Crippen LogP contribution in [0.15, 0.2) is 103 Å². The standard InChI is InChI=1S/C34H42O2Si2/c1-26(2)31-24-23-27(3)25-33(31)35-38(5,30-19-10-7-11-20-30)36-37(4,29-17-8-6-9-18-29)34-22-14-16-28-15-12-13-21-32(28)34/h6-22,26-27,31,33H,23-25H2,1-5H3/t27-,31+,33-,37+,38+/m1/s1. The van der Waals surface area contributed by atoms with E-state index in [0.717, 1.165) is 6.42 Å². The first-order valence-electron chi connectivity index (χ1n) is 14.3. The second kappa shape index (κ2) is 11.3. The molecular formula is C34H42O2Si2. The van der Waals surface area contributed by atoms with Gasteiger partial charge in [0, 0.05) is 0 Å². The van der Waals surface area contributed by atoms with Gasteiger partial charge in [-0.15, -0.1) is 0 Å². The van der Waals surface area contributed by atoms with Crippen LogP contribution in [-0.4, -0.2) is 23.0 Å². The fourth-order valence-corrected chi connectivity index (χ4v) is 15.3. The Morgan fingerprint density at radius 2 is 1.32 bits per heavy atom. The van der Waals surface area contributed by atoms with E-state index in [2.05, 4.69) is 137 Å². The maximum absolute atomic E-state index is 7.71. The van der Waals surface area contributed by atoms with Crippen molar-refractivity contribution in [2.24, 2.45) is 17.8 Å². The Labute approximate surface area is 231 Å². The Hall–Kier alpha value is -2.51. The summed E-state index contributed by atoms with van der Waals surface area (Å²) < 4.78 is 15.1. The van der Waals surface area contributed by atoms with E-state index in [9.17, 15) is 0 Å². The van der Waals surface area contributed by atoms with Crippen LogP contribution in [0.3, 0.4) is 0 Å². The van der Waals surface area contributed by atoms with Gasteiger partial charge >= 0.3 is 8.56 Å². The van der Waals surface area contributed by atoms with E-state index in [1.807, 2.05) is 0 Å². The molecule has 0 N–H and O–H groups in total. The second-order valence-corrected chi connectivity index (χ2v) is 18.5. The van der Waals surface area contributed by atoms with Crippen molar-refractivity contribution in [3.8, 4) is 0 Å². The molecular weight excluding hydrogens is 497 g/mol. The molecule has 0 unspecified atom stereocenters. The predicted octanol–water partition coefficient (Wildman–Crippen LogP) is 7.00. The lowest BCUT2D eigenvalue weighted by Crippen LogP contribution is -2.68. The fraction of sp³-hybridized carbons (Fsp3) is 0.353. The first-order chi connectivity index (χ1) is 18.3. The van der Waals surface area contributed by atoms with Gasteiger partial charge in [0.05, 0.1) is 6.10 Å². The van der Waals surface area contributed by atoms with Crippen LogP contribution in [0.25, 0.3) is 10.8 Å². The topological polar surface area (TPSA) is 18.5 Å². The van der Waals surface area contributed by atoms with Crippen molar-refractivity contribution in [2.45, 2.75) is 59.2 Å². The molecule has 0 bridgehead atoms. The fourth-order valence-electron chi connectivity index (χ4n) is 6.49. The van der Waals surface area contributed by atoms with Gasteiger partial charge in [-0.1, -0.05) is 130 Å². The van der Waals surface area contributed by atoms with Crippen molar-refractivity contribution >= 4 is 43.2 Å². The molecule has 0 heterocycles. The molecule has 1 aliphatic rings. The molecule has 0 saturated heterocycles. The van der Waals surface area contributed by atoms with E-state index in [1.54, 1.807) is 0 Å². The van der Waals surface area contributed by atoms with Gasteiger partial charge in [0.15, 0.2) is 0 Å². The van der Waals surface area contributed by atoms with Crippen molar-refractivity contribution in [1.82, 2.24) is 0 Å². The molecule has 0 aromatic heterocycles. The smallest absolute Gasteiger partial charge is 0.359 e. The van der Waals surface area contributed by atoms with Gasteiger partial charge in [0.1, 0.15) is 0 Å². The zero-order chi connectivity index (χ0) is 26.8. The van der Waals surface area contributed by atoms with Crippen molar-refractivity contribution < 1.29 is 8.54 Å². The van der Waals surface area contributed by atoms with E-state index in [-0.39, 0.29) is 6.10 Å². The number of fused-ring (bicyclic) bond motifs is 1. The van der Waals surface area contributed by atoms with Crippen molar-refractivity contribution in [3.05, 3.63) is 103 Å². The van der Waals surface area contributed by atoms with E-state index in [1.165, 1.54) is 39.2 Å². The number of rotatable bonds is 8. The third-order valence-corrected chi connectivity index (χ3v) is 16.9. The molecule has 2 nitrogen and oxygen atoms in total. The maximum atomic E-state index is 7.71. The molecule has 0 radical (unpaired) electrons. The third-order valence-electron chi connectivity index (χ3n) is 8.66. The van der Waals surface area contributed by atoms with Crippen LogP contribution in [-0.2, 0) is 8.54 Å². The molecule has 1 aliphatic carbocycles. The lowest BCUT2D eigenvalue weighted by atomic mass is 9.75. The minimum Gasteiger partial charge on any atom is -0.425 e. The third kappa shape index (κ3) is 5.46. The monoisotopic (exact) mass is 538 g/mol. The Morgan fingerprint density at radius 3 is 2.00 bits per heavy atom. The van der Waals surface area contributed by atoms with Crippen LogP contribution in [0.5, 0.6) is 0 Å². The number of benzene rings is 4. The lowest BCUT2D eigenvalue weighted by molar-refractivity contribution is 0.0283. The molecule has 198 valence electrons. The highest BCUT2D eigenvalue weighted by Gasteiger charge is 2.48. The van der Waals surface area contributed by atoms with Crippen LogP contribution >= 0.6 is 0 Å². The average molecular weight is 539 g/mol. The van der Waals surface area contributed by atoms with Gasteiger partial charge < -0.3 is 8.54 Å². The summed E-state index contributed by atoms with van der Waals surface area (Å²) in [6, 6.07) is 37.1. The Morgan fingerprint density at radius 1 is 0.711 bits per heavy atom. The van der Waals surface area contributed by atoms with Crippen LogP contribution in [0.4, 0.5) is 0 Å². The molecule has 1 fully saturated rings. The summed E-state index contributed by atoms with van der Waals surface area (Å²) in [6.07, 6.45) is 3.86. The second-order valence-electron chi connectivity index (χ2n) is 11.8. The first-order valence-corrected chi connectivity index (χ1v) is 19.0. The molecule has 1 saturated carbocycles. The summed E-state index contributed by atoms with van der Waals surface area (Å²) in [5.41, 5.74) is 0. The Balaban J connectivity index is 1.65. The highest BCUT2D eigenvalue weighted by molar-refractivity contribution is 7.03. The summed E-state index contributed by atoms with van der Waals surface area (Å²) >= 11 is 0. The van der Waals surface area contributed by atoms with Crippen LogP contribution in [0.1, 0.15) is 40.0 Å². The molecule has 4 aromatic carbocycles. The van der Waals surface area contributed by atoms with Gasteiger partial charge in [-0.3, -0.25) is 0 Å². The van der Waals surface area contributed by atoms with Gasteiger partial charge in [-0.25, -0.2) is 0 Å². The van der Waals surface area contributed by atoms with E-state index >= 15 is 0 Å². The largest absolute Gasteiger partial charge is 0.425 e. The van der Waals surface area contributed by atoms with Crippen molar-refractivity contribution in [1.29, 1.82) is 0 Å². The zero-order valence-corrected chi connectivity index (χ0v) is 25.6. The highest BCUT2D eigenvalue weighted by Crippen LogP contribution is 2.37. The summed E-state index contributed by atoms with van der Waals surface area (Å²) in [4.78, 5) is 0. The van der Waals surface area contributed by atoms with Crippen molar-refractivity contribution in [3.63, 3.8) is 0 Å². The van der Waals surface area contributed by atoms with E-state index in [4.69, 9.17) is 8.54 Å². The lowest BCUT2D eigenvalue weighted by Gasteiger charge is -2.45. The molecule has 0 amide bonds. The van der Waals surface area contributed by atoms with Crippen molar-refractivity contribution in [2.75, 3.05) is 0 Å². The van der Waals surface area contributed by atoms with Crippen LogP contribution in [0.2, 0.25) is 13.1 Å². The summed E-state index contributed by atoms with van der Waals surface area (Å²) in [5.74, 6) is 1.84. The van der Waals surface area contributed by atoms with Gasteiger partial charge in [0.2, 0.25) is 8.32 Å². The van der Waals surface area contributed by atoms with Crippen LogP contribution in [0, 0.1) is 17.8 Å². The molecule has 5 rings (SSSR count). The number of hydrogen-bond donors (Lipinski definition) is 0. The summed E-state index contributed by atoms with van der Waals surface area (Å²) in [5, 5.41) is 6.36. The normalized spacial score (nSPS) is 23.2. The molecule has 4 aromatic rings. The van der Waals surface area contributed by atoms with E-state index < -0.39 is 16.9 Å². The highest BCUT2D eigenvalue weighted by atomic mass is 28.4. The zero-order valence-electron chi connectivity index (χ0n) is 23.6. The SMILES string of the molecule is CC(C)[C@@H]1CC[C@@H](C)C[C@H]1O[Si@@](C)(O[Si@@](C)(c1ccccc1)c1cccc2ccccc12)c1ccccc1.